The maximum atomic E-state index is 2.57. The zero-order valence-corrected chi connectivity index (χ0v) is 25.3. The quantitative estimate of drug-likeness (QED) is 0.198. The second-order valence-electron chi connectivity index (χ2n) is 12.0. The third-order valence-corrected chi connectivity index (χ3v) is 11.0. The van der Waals surface area contributed by atoms with Crippen LogP contribution >= 0.6 is 11.3 Å². The number of fused-ring (bicyclic) bond motifs is 9. The van der Waals surface area contributed by atoms with Crippen LogP contribution in [0.4, 0.5) is 11.4 Å². The Bertz CT molecular complexity index is 2470. The lowest BCUT2D eigenvalue weighted by molar-refractivity contribution is 0.746. The maximum Gasteiger partial charge on any atom is 0.0630 e. The molecule has 45 heavy (non-hydrogen) atoms. The van der Waals surface area contributed by atoms with Crippen molar-refractivity contribution in [3.05, 3.63) is 163 Å². The fraction of sp³-hybridized carbons (Fsp3) is 0.0476. The number of allylic oxidation sites excluding steroid dienone is 2. The molecule has 0 saturated carbocycles. The van der Waals surface area contributed by atoms with Crippen molar-refractivity contribution in [3.63, 3.8) is 0 Å². The second-order valence-corrected chi connectivity index (χ2v) is 13.1. The molecule has 0 fully saturated rings. The summed E-state index contributed by atoms with van der Waals surface area (Å²) in [4.78, 5) is 2.57. The summed E-state index contributed by atoms with van der Waals surface area (Å²) in [6, 6.07) is 49.3. The average molecular weight is 593 g/mol. The molecule has 0 saturated heterocycles. The van der Waals surface area contributed by atoms with Gasteiger partial charge in [-0.25, -0.2) is 0 Å². The van der Waals surface area contributed by atoms with Gasteiger partial charge in [-0.05, 0) is 35.9 Å². The van der Waals surface area contributed by atoms with E-state index in [1.165, 1.54) is 75.7 Å². The third-order valence-electron chi connectivity index (χ3n) is 9.74. The summed E-state index contributed by atoms with van der Waals surface area (Å²) in [5.41, 5.74) is 10.2. The molecule has 2 nitrogen and oxygen atoms in total. The van der Waals surface area contributed by atoms with Gasteiger partial charge in [0.1, 0.15) is 0 Å². The fourth-order valence-corrected chi connectivity index (χ4v) is 9.19. The Morgan fingerprint density at radius 3 is 1.84 bits per heavy atom. The Kier molecular flexibility index (Phi) is 5.31. The lowest BCUT2D eigenvalue weighted by Gasteiger charge is -2.29. The van der Waals surface area contributed by atoms with Gasteiger partial charge in [0.2, 0.25) is 0 Å². The van der Waals surface area contributed by atoms with Gasteiger partial charge in [0.25, 0.3) is 0 Å². The Morgan fingerprint density at radius 1 is 0.444 bits per heavy atom. The van der Waals surface area contributed by atoms with E-state index >= 15 is 0 Å². The van der Waals surface area contributed by atoms with Crippen LogP contribution in [0.3, 0.4) is 0 Å². The minimum absolute atomic E-state index is 0.277. The van der Waals surface area contributed by atoms with E-state index < -0.39 is 0 Å². The molecular formula is C42H28N2S. The monoisotopic (exact) mass is 592 g/mol. The van der Waals surface area contributed by atoms with Crippen LogP contribution in [0.5, 0.6) is 0 Å². The van der Waals surface area contributed by atoms with Crippen molar-refractivity contribution in [1.82, 2.24) is 4.57 Å². The molecule has 0 spiro atoms. The minimum Gasteiger partial charge on any atom is -0.332 e. The van der Waals surface area contributed by atoms with Crippen LogP contribution in [0.15, 0.2) is 158 Å². The van der Waals surface area contributed by atoms with Crippen molar-refractivity contribution in [2.45, 2.75) is 12.0 Å². The number of anilines is 2. The molecule has 0 bridgehead atoms. The summed E-state index contributed by atoms with van der Waals surface area (Å²) in [7, 11) is 0. The zero-order chi connectivity index (χ0) is 29.5. The van der Waals surface area contributed by atoms with Gasteiger partial charge in [-0.15, -0.1) is 11.3 Å². The van der Waals surface area contributed by atoms with E-state index in [4.69, 9.17) is 0 Å². The Labute approximate surface area is 265 Å². The Balaban J connectivity index is 1.22. The molecule has 3 heteroatoms. The Hall–Kier alpha value is -5.38. The number of rotatable bonds is 3. The van der Waals surface area contributed by atoms with Crippen molar-refractivity contribution in [2.75, 3.05) is 4.90 Å². The Morgan fingerprint density at radius 2 is 1.02 bits per heavy atom. The molecule has 0 N–H and O–H groups in total. The molecular weight excluding hydrogens is 565 g/mol. The highest BCUT2D eigenvalue weighted by Gasteiger charge is 2.38. The lowest BCUT2D eigenvalue weighted by Crippen LogP contribution is -2.28. The van der Waals surface area contributed by atoms with Crippen molar-refractivity contribution >= 4 is 64.7 Å². The van der Waals surface area contributed by atoms with Gasteiger partial charge in [0.05, 0.1) is 33.1 Å². The molecule has 0 radical (unpaired) electrons. The smallest absolute Gasteiger partial charge is 0.0630 e. The molecule has 1 aliphatic heterocycles. The minimum atomic E-state index is 0.277. The summed E-state index contributed by atoms with van der Waals surface area (Å²) in [6.45, 7) is 0. The molecule has 1 aliphatic carbocycles. The molecule has 2 aromatic heterocycles. The molecule has 10 rings (SSSR count). The standard InChI is InChI=1S/C42H28N2S/c1-6-21-35-27(13-1)28-14-2-7-22-36(28)43(35)39-25-10-5-17-31(39)32-18-11-19-33-34-20-12-26-40(42(34)45-41(32)33)44-37-23-8-3-15-29(37)30-16-4-9-24-38(30)44/h1-26,29,37H. The van der Waals surface area contributed by atoms with Crippen LogP contribution in [0, 0.1) is 0 Å². The normalized spacial score (nSPS) is 17.1. The van der Waals surface area contributed by atoms with Crippen molar-refractivity contribution in [1.29, 1.82) is 0 Å². The van der Waals surface area contributed by atoms with E-state index in [-0.39, 0.29) is 6.04 Å². The first-order valence-electron chi connectivity index (χ1n) is 15.6. The number of aromatic nitrogens is 1. The first-order valence-corrected chi connectivity index (χ1v) is 16.4. The lowest BCUT2D eigenvalue weighted by atomic mass is 9.91. The van der Waals surface area contributed by atoms with Gasteiger partial charge < -0.3 is 9.47 Å². The predicted molar refractivity (Wildman–Crippen MR) is 192 cm³/mol. The largest absolute Gasteiger partial charge is 0.332 e. The van der Waals surface area contributed by atoms with E-state index in [1.54, 1.807) is 0 Å². The number of para-hydroxylation sites is 4. The van der Waals surface area contributed by atoms with Crippen LogP contribution in [-0.2, 0) is 0 Å². The SMILES string of the molecule is C1=CC2c3ccccc3N(c3cccc4c3sc3c(-c5ccccc5-n5c6ccccc6c6ccccc65)cccc34)C2C=C1. The van der Waals surface area contributed by atoms with Crippen molar-refractivity contribution in [3.8, 4) is 16.8 Å². The first-order chi connectivity index (χ1) is 22.4. The van der Waals surface area contributed by atoms with Gasteiger partial charge in [-0.2, -0.15) is 0 Å². The van der Waals surface area contributed by atoms with E-state index in [1.807, 2.05) is 11.3 Å². The summed E-state index contributed by atoms with van der Waals surface area (Å²) < 4.78 is 5.12. The highest BCUT2D eigenvalue weighted by atomic mass is 32.1. The van der Waals surface area contributed by atoms with E-state index in [2.05, 4.69) is 167 Å². The fourth-order valence-electron chi connectivity index (χ4n) is 7.86. The summed E-state index contributed by atoms with van der Waals surface area (Å²) in [5.74, 6) is 0.365. The van der Waals surface area contributed by atoms with E-state index in [9.17, 15) is 0 Å². The summed E-state index contributed by atoms with van der Waals surface area (Å²) in [5, 5.41) is 5.20. The van der Waals surface area contributed by atoms with E-state index in [0.29, 0.717) is 5.92 Å². The van der Waals surface area contributed by atoms with Crippen LogP contribution in [0.1, 0.15) is 11.5 Å². The van der Waals surface area contributed by atoms with Crippen LogP contribution < -0.4 is 4.90 Å². The predicted octanol–water partition coefficient (Wildman–Crippen LogP) is 11.5. The molecule has 6 aromatic carbocycles. The second kappa shape index (κ2) is 9.56. The number of benzene rings is 6. The van der Waals surface area contributed by atoms with Gasteiger partial charge in [-0.1, -0.05) is 127 Å². The summed E-state index contributed by atoms with van der Waals surface area (Å²) in [6.07, 6.45) is 9.12. The van der Waals surface area contributed by atoms with Crippen LogP contribution in [0.25, 0.3) is 58.8 Å². The molecule has 3 heterocycles. The number of thiophene rings is 1. The average Bonchev–Trinajstić information content (AvgIpc) is 3.76. The molecule has 2 aliphatic rings. The zero-order valence-electron chi connectivity index (χ0n) is 24.5. The third kappa shape index (κ3) is 3.50. The number of hydrogen-bond donors (Lipinski definition) is 0. The van der Waals surface area contributed by atoms with Crippen molar-refractivity contribution in [2.24, 2.45) is 0 Å². The van der Waals surface area contributed by atoms with Gasteiger partial charge in [0, 0.05) is 49.0 Å². The topological polar surface area (TPSA) is 8.17 Å². The van der Waals surface area contributed by atoms with Crippen LogP contribution in [0.2, 0.25) is 0 Å². The van der Waals surface area contributed by atoms with Crippen LogP contribution in [-0.4, -0.2) is 10.6 Å². The molecule has 2 atom stereocenters. The van der Waals surface area contributed by atoms with Crippen molar-refractivity contribution < 1.29 is 0 Å². The number of nitrogens with zero attached hydrogens (tertiary/aromatic N) is 2. The molecule has 2 unspecified atom stereocenters. The molecule has 8 aromatic rings. The number of hydrogen-bond acceptors (Lipinski definition) is 2. The molecule has 212 valence electrons. The summed E-state index contributed by atoms with van der Waals surface area (Å²) >= 11 is 1.93. The van der Waals surface area contributed by atoms with Gasteiger partial charge in [0.15, 0.2) is 0 Å². The highest BCUT2D eigenvalue weighted by Crippen LogP contribution is 2.52. The first kappa shape index (κ1) is 25.0. The maximum absolute atomic E-state index is 2.57. The highest BCUT2D eigenvalue weighted by molar-refractivity contribution is 7.27. The van der Waals surface area contributed by atoms with Gasteiger partial charge >= 0.3 is 0 Å². The van der Waals surface area contributed by atoms with E-state index in [0.717, 1.165) is 0 Å². The van der Waals surface area contributed by atoms with Gasteiger partial charge in [-0.3, -0.25) is 0 Å². The molecule has 0 amide bonds.